The fourth-order valence-corrected chi connectivity index (χ4v) is 2.62. The van der Waals surface area contributed by atoms with Gasteiger partial charge < -0.3 is 18.7 Å². The predicted octanol–water partition coefficient (Wildman–Crippen LogP) is 3.88. The number of carbonyl (C=O) groups is 1. The molecular weight excluding hydrogens is 372 g/mol. The number of esters is 1. The van der Waals surface area contributed by atoms with E-state index in [1.165, 1.54) is 6.08 Å². The van der Waals surface area contributed by atoms with Gasteiger partial charge in [0.15, 0.2) is 18.1 Å². The molecule has 0 N–H and O–H groups in total. The Morgan fingerprint density at radius 2 is 2.07 bits per heavy atom. The highest BCUT2D eigenvalue weighted by atomic mass is 35.5. The van der Waals surface area contributed by atoms with Gasteiger partial charge in [-0.1, -0.05) is 28.9 Å². The highest BCUT2D eigenvalue weighted by Crippen LogP contribution is 2.35. The number of benzene rings is 2. The number of fused-ring (bicyclic) bond motifs is 1. The molecule has 7 nitrogen and oxygen atoms in total. The van der Waals surface area contributed by atoms with Crippen molar-refractivity contribution in [1.82, 2.24) is 10.1 Å². The van der Waals surface area contributed by atoms with Gasteiger partial charge in [0.2, 0.25) is 12.6 Å². The molecule has 0 fully saturated rings. The smallest absolute Gasteiger partial charge is 0.331 e. The summed E-state index contributed by atoms with van der Waals surface area (Å²) in [6, 6.07) is 12.4. The van der Waals surface area contributed by atoms with E-state index >= 15 is 0 Å². The van der Waals surface area contributed by atoms with E-state index in [-0.39, 0.29) is 19.3 Å². The number of halogens is 1. The first-order chi connectivity index (χ1) is 13.2. The second kappa shape index (κ2) is 7.51. The Bertz CT molecular complexity index is 1010. The molecule has 0 bridgehead atoms. The van der Waals surface area contributed by atoms with Crippen LogP contribution in [-0.2, 0) is 16.1 Å². The number of ether oxygens (including phenoxy) is 3. The molecule has 4 rings (SSSR count). The van der Waals surface area contributed by atoms with Gasteiger partial charge in [-0.25, -0.2) is 4.79 Å². The quantitative estimate of drug-likeness (QED) is 0.487. The molecule has 0 atom stereocenters. The second-order valence-corrected chi connectivity index (χ2v) is 6.01. The first-order valence-electron chi connectivity index (χ1n) is 8.00. The minimum Gasteiger partial charge on any atom is -0.454 e. The Hall–Kier alpha value is -3.32. The van der Waals surface area contributed by atoms with Crippen LogP contribution in [0.5, 0.6) is 11.5 Å². The third-order valence-electron chi connectivity index (χ3n) is 3.70. The van der Waals surface area contributed by atoms with Gasteiger partial charge in [0.05, 0.1) is 0 Å². The monoisotopic (exact) mass is 384 g/mol. The molecule has 0 saturated carbocycles. The fraction of sp³-hybridized carbons (Fsp3) is 0.105. The standard InChI is InChI=1S/C19H13ClN2O5/c20-14-3-1-2-12(8-14)4-7-18(23)24-10-17-21-19(22-27-17)13-5-6-15-16(9-13)26-11-25-15/h1-9H,10-11H2/b7-4+. The Balaban J connectivity index is 1.36. The molecule has 1 aromatic heterocycles. The lowest BCUT2D eigenvalue weighted by atomic mass is 10.2. The fourth-order valence-electron chi connectivity index (χ4n) is 2.42. The molecule has 3 aromatic rings. The highest BCUT2D eigenvalue weighted by molar-refractivity contribution is 6.30. The van der Waals surface area contributed by atoms with E-state index < -0.39 is 5.97 Å². The minimum absolute atomic E-state index is 0.129. The summed E-state index contributed by atoms with van der Waals surface area (Å²) < 4.78 is 20.8. The topological polar surface area (TPSA) is 83.7 Å². The number of aromatic nitrogens is 2. The molecule has 0 aliphatic carbocycles. The first kappa shape index (κ1) is 17.1. The summed E-state index contributed by atoms with van der Waals surface area (Å²) in [6.45, 7) is 0.0607. The third-order valence-corrected chi connectivity index (χ3v) is 3.93. The van der Waals surface area contributed by atoms with Crippen LogP contribution < -0.4 is 9.47 Å². The lowest BCUT2D eigenvalue weighted by molar-refractivity contribution is -0.139. The van der Waals surface area contributed by atoms with Crippen molar-refractivity contribution >= 4 is 23.6 Å². The summed E-state index contributed by atoms with van der Waals surface area (Å²) in [5, 5.41) is 4.48. The molecule has 8 heteroatoms. The van der Waals surface area contributed by atoms with Crippen LogP contribution in [0.1, 0.15) is 11.5 Å². The zero-order valence-electron chi connectivity index (χ0n) is 13.9. The lowest BCUT2D eigenvalue weighted by Crippen LogP contribution is -2.00. The zero-order chi connectivity index (χ0) is 18.6. The van der Waals surface area contributed by atoms with Gasteiger partial charge in [0, 0.05) is 16.7 Å². The van der Waals surface area contributed by atoms with E-state index in [0.29, 0.717) is 27.9 Å². The van der Waals surface area contributed by atoms with Crippen LogP contribution in [-0.4, -0.2) is 22.9 Å². The lowest BCUT2D eigenvalue weighted by Gasteiger charge is -1.98. The average molecular weight is 385 g/mol. The predicted molar refractivity (Wildman–Crippen MR) is 96.1 cm³/mol. The van der Waals surface area contributed by atoms with E-state index in [1.54, 1.807) is 42.5 Å². The molecular formula is C19H13ClN2O5. The molecule has 136 valence electrons. The van der Waals surface area contributed by atoms with Crippen LogP contribution in [0, 0.1) is 0 Å². The van der Waals surface area contributed by atoms with Crippen molar-refractivity contribution in [1.29, 1.82) is 0 Å². The van der Waals surface area contributed by atoms with Crippen LogP contribution in [0.4, 0.5) is 0 Å². The summed E-state index contributed by atoms with van der Waals surface area (Å²) in [4.78, 5) is 16.0. The Labute approximate surface area is 159 Å². The van der Waals surface area contributed by atoms with Crippen LogP contribution in [0.15, 0.2) is 53.1 Å². The van der Waals surface area contributed by atoms with Crippen molar-refractivity contribution in [3.63, 3.8) is 0 Å². The van der Waals surface area contributed by atoms with Gasteiger partial charge in [-0.3, -0.25) is 0 Å². The molecule has 0 amide bonds. The number of carbonyl (C=O) groups excluding carboxylic acids is 1. The van der Waals surface area contributed by atoms with Gasteiger partial charge >= 0.3 is 5.97 Å². The number of nitrogens with zero attached hydrogens (tertiary/aromatic N) is 2. The van der Waals surface area contributed by atoms with E-state index in [4.69, 9.17) is 30.3 Å². The van der Waals surface area contributed by atoms with E-state index in [9.17, 15) is 4.79 Å². The van der Waals surface area contributed by atoms with E-state index in [2.05, 4.69) is 10.1 Å². The molecule has 2 heterocycles. The molecule has 0 unspecified atom stereocenters. The second-order valence-electron chi connectivity index (χ2n) is 5.58. The summed E-state index contributed by atoms with van der Waals surface area (Å²) in [7, 11) is 0. The maximum atomic E-state index is 11.8. The minimum atomic E-state index is -0.530. The van der Waals surface area contributed by atoms with Gasteiger partial charge in [0.1, 0.15) is 0 Å². The maximum Gasteiger partial charge on any atom is 0.331 e. The summed E-state index contributed by atoms with van der Waals surface area (Å²) >= 11 is 5.89. The maximum absolute atomic E-state index is 11.8. The molecule has 1 aliphatic rings. The molecule has 2 aromatic carbocycles. The van der Waals surface area contributed by atoms with Crippen LogP contribution in [0.2, 0.25) is 5.02 Å². The number of rotatable bonds is 5. The Kier molecular flexibility index (Phi) is 4.76. The largest absolute Gasteiger partial charge is 0.454 e. The molecule has 0 saturated heterocycles. The van der Waals surface area contributed by atoms with Gasteiger partial charge in [-0.2, -0.15) is 4.98 Å². The van der Waals surface area contributed by atoms with Gasteiger partial charge in [-0.05, 0) is 42.0 Å². The average Bonchev–Trinajstić information content (AvgIpc) is 3.33. The van der Waals surface area contributed by atoms with Gasteiger partial charge in [-0.15, -0.1) is 0 Å². The van der Waals surface area contributed by atoms with Crippen molar-refractivity contribution in [2.24, 2.45) is 0 Å². The number of hydrogen-bond donors (Lipinski definition) is 0. The summed E-state index contributed by atoms with van der Waals surface area (Å²) in [5.41, 5.74) is 1.50. The van der Waals surface area contributed by atoms with E-state index in [0.717, 1.165) is 5.56 Å². The van der Waals surface area contributed by atoms with Crippen molar-refractivity contribution in [3.05, 3.63) is 65.0 Å². The van der Waals surface area contributed by atoms with Gasteiger partial charge in [0.25, 0.3) is 5.89 Å². The summed E-state index contributed by atoms with van der Waals surface area (Å²) in [5.74, 6) is 1.32. The normalized spacial score (nSPS) is 12.5. The Morgan fingerprint density at radius 1 is 1.19 bits per heavy atom. The highest BCUT2D eigenvalue weighted by Gasteiger charge is 2.16. The van der Waals surface area contributed by atoms with Crippen molar-refractivity contribution in [2.45, 2.75) is 6.61 Å². The molecule has 0 radical (unpaired) electrons. The first-order valence-corrected chi connectivity index (χ1v) is 8.38. The SMILES string of the molecule is O=C(/C=C/c1cccc(Cl)c1)OCc1nc(-c2ccc3c(c2)OCO3)no1. The van der Waals surface area contributed by atoms with Crippen molar-refractivity contribution in [3.8, 4) is 22.9 Å². The zero-order valence-corrected chi connectivity index (χ0v) is 14.7. The van der Waals surface area contributed by atoms with Crippen LogP contribution >= 0.6 is 11.6 Å². The molecule has 0 spiro atoms. The van der Waals surface area contributed by atoms with Crippen molar-refractivity contribution < 1.29 is 23.5 Å². The number of hydrogen-bond acceptors (Lipinski definition) is 7. The van der Waals surface area contributed by atoms with Crippen molar-refractivity contribution in [2.75, 3.05) is 6.79 Å². The molecule has 27 heavy (non-hydrogen) atoms. The van der Waals surface area contributed by atoms with E-state index in [1.807, 2.05) is 6.07 Å². The summed E-state index contributed by atoms with van der Waals surface area (Å²) in [6.07, 6.45) is 2.92. The van der Waals surface area contributed by atoms with Crippen LogP contribution in [0.25, 0.3) is 17.5 Å². The van der Waals surface area contributed by atoms with Crippen LogP contribution in [0.3, 0.4) is 0 Å². The molecule has 1 aliphatic heterocycles. The Morgan fingerprint density at radius 3 is 2.96 bits per heavy atom. The third kappa shape index (κ3) is 4.09.